The van der Waals surface area contributed by atoms with Gasteiger partial charge in [-0.15, -0.1) is 0 Å². The fourth-order valence-electron chi connectivity index (χ4n) is 1.39. The van der Waals surface area contributed by atoms with E-state index in [0.29, 0.717) is 0 Å². The van der Waals surface area contributed by atoms with E-state index in [1.807, 2.05) is 62.8 Å². The van der Waals surface area contributed by atoms with Crippen molar-refractivity contribution < 1.29 is 4.90 Å². The molecule has 1 rings (SSSR count). The molecule has 0 aliphatic carbocycles. The Morgan fingerprint density at radius 2 is 1.71 bits per heavy atom. The first kappa shape index (κ1) is 12.7. The largest absolute Gasteiger partial charge is 0.313 e. The molecule has 0 fully saturated rings. The van der Waals surface area contributed by atoms with E-state index in [-0.39, 0.29) is 5.57 Å². The van der Waals surface area contributed by atoms with Crippen molar-refractivity contribution >= 4 is 5.57 Å². The zero-order valence-corrected chi connectivity index (χ0v) is 9.94. The molecule has 0 amide bonds. The number of quaternary nitrogens is 1. The van der Waals surface area contributed by atoms with Gasteiger partial charge >= 0.3 is 0 Å². The van der Waals surface area contributed by atoms with Gasteiger partial charge in [0.1, 0.15) is 23.9 Å². The number of nitriles is 2. The summed E-state index contributed by atoms with van der Waals surface area (Å²) in [6.07, 6.45) is 3.58. The van der Waals surface area contributed by atoms with Crippen molar-refractivity contribution in [1.29, 1.82) is 10.5 Å². The Morgan fingerprint density at radius 1 is 1.12 bits per heavy atom. The van der Waals surface area contributed by atoms with Gasteiger partial charge in [-0.1, -0.05) is 30.3 Å². The van der Waals surface area contributed by atoms with Gasteiger partial charge in [0.25, 0.3) is 0 Å². The molecule has 3 heteroatoms. The second kappa shape index (κ2) is 6.27. The van der Waals surface area contributed by atoms with Gasteiger partial charge < -0.3 is 4.90 Å². The molecule has 17 heavy (non-hydrogen) atoms. The van der Waals surface area contributed by atoms with Crippen molar-refractivity contribution in [1.82, 2.24) is 0 Å². The number of benzene rings is 1. The molecule has 0 saturated heterocycles. The maximum absolute atomic E-state index is 8.78. The van der Waals surface area contributed by atoms with Crippen LogP contribution in [-0.2, 0) is 0 Å². The maximum Gasteiger partial charge on any atom is 0.130 e. The highest BCUT2D eigenvalue weighted by atomic mass is 15.0. The third kappa shape index (κ3) is 3.95. The summed E-state index contributed by atoms with van der Waals surface area (Å²) in [5.41, 5.74) is 1.99. The Labute approximate surface area is 102 Å². The van der Waals surface area contributed by atoms with E-state index in [9.17, 15) is 0 Å². The van der Waals surface area contributed by atoms with Crippen LogP contribution in [0.5, 0.6) is 0 Å². The molecule has 0 unspecified atom stereocenters. The molecule has 0 aromatic heterocycles. The standard InChI is InChI=1S/C14H13N3/c1-17(2)11-14(8-12(9-15)10-16)13-6-4-3-5-7-13/h3-8,11H,1-2H3/p+1/b14-11-. The lowest BCUT2D eigenvalue weighted by atomic mass is 10.0. The second-order valence-corrected chi connectivity index (χ2v) is 3.82. The van der Waals surface area contributed by atoms with Crippen LogP contribution in [0.3, 0.4) is 0 Å². The molecule has 0 spiro atoms. The molecule has 0 radical (unpaired) electrons. The Morgan fingerprint density at radius 3 is 2.18 bits per heavy atom. The lowest BCUT2D eigenvalue weighted by Crippen LogP contribution is -3.00. The highest BCUT2D eigenvalue weighted by Crippen LogP contribution is 2.15. The third-order valence-corrected chi connectivity index (χ3v) is 2.09. The summed E-state index contributed by atoms with van der Waals surface area (Å²) in [6, 6.07) is 13.5. The number of hydrogen-bond donors (Lipinski definition) is 1. The van der Waals surface area contributed by atoms with Crippen LogP contribution in [0, 0.1) is 22.7 Å². The van der Waals surface area contributed by atoms with Gasteiger partial charge in [-0.2, -0.15) is 10.5 Å². The van der Waals surface area contributed by atoms with E-state index in [1.165, 1.54) is 0 Å². The van der Waals surface area contributed by atoms with Gasteiger partial charge in [-0.3, -0.25) is 0 Å². The fraction of sp³-hybridized carbons (Fsp3) is 0.143. The smallest absolute Gasteiger partial charge is 0.130 e. The van der Waals surface area contributed by atoms with Crippen molar-refractivity contribution in [2.75, 3.05) is 14.1 Å². The van der Waals surface area contributed by atoms with E-state index in [0.717, 1.165) is 16.0 Å². The van der Waals surface area contributed by atoms with Gasteiger partial charge in [0.2, 0.25) is 0 Å². The van der Waals surface area contributed by atoms with E-state index in [1.54, 1.807) is 6.08 Å². The second-order valence-electron chi connectivity index (χ2n) is 3.82. The molecule has 1 N–H and O–H groups in total. The Kier molecular flexibility index (Phi) is 4.69. The Balaban J connectivity index is 3.22. The van der Waals surface area contributed by atoms with Crippen LogP contribution in [0.15, 0.2) is 48.2 Å². The van der Waals surface area contributed by atoms with Crippen LogP contribution in [0.1, 0.15) is 5.56 Å². The summed E-state index contributed by atoms with van der Waals surface area (Å²) >= 11 is 0. The van der Waals surface area contributed by atoms with Gasteiger partial charge in [0.15, 0.2) is 0 Å². The van der Waals surface area contributed by atoms with Crippen molar-refractivity contribution in [3.63, 3.8) is 0 Å². The molecule has 0 heterocycles. The molecule has 84 valence electrons. The Bertz CT molecular complexity index is 495. The highest BCUT2D eigenvalue weighted by Gasteiger charge is 2.03. The predicted molar refractivity (Wildman–Crippen MR) is 66.5 cm³/mol. The SMILES string of the molecule is C[NH+](C)/C=C(/C=C(C#N)C#N)c1ccccc1. The van der Waals surface area contributed by atoms with Crippen LogP contribution in [0.25, 0.3) is 5.57 Å². The summed E-state index contributed by atoms with van der Waals surface area (Å²) < 4.78 is 0. The van der Waals surface area contributed by atoms with Gasteiger partial charge in [0, 0.05) is 5.57 Å². The minimum absolute atomic E-state index is 0.112. The molecule has 0 bridgehead atoms. The first-order valence-corrected chi connectivity index (χ1v) is 5.26. The number of hydrogen-bond acceptors (Lipinski definition) is 2. The average molecular weight is 224 g/mol. The first-order valence-electron chi connectivity index (χ1n) is 5.26. The number of allylic oxidation sites excluding steroid dienone is 3. The molecule has 0 aliphatic heterocycles. The molecular weight excluding hydrogens is 210 g/mol. The average Bonchev–Trinajstić information content (AvgIpc) is 2.35. The van der Waals surface area contributed by atoms with Crippen molar-refractivity contribution in [2.24, 2.45) is 0 Å². The number of nitrogens with zero attached hydrogens (tertiary/aromatic N) is 2. The van der Waals surface area contributed by atoms with Crippen LogP contribution in [0.4, 0.5) is 0 Å². The summed E-state index contributed by atoms with van der Waals surface area (Å²) in [5.74, 6) is 0. The summed E-state index contributed by atoms with van der Waals surface area (Å²) in [5, 5.41) is 17.6. The van der Waals surface area contributed by atoms with E-state index in [2.05, 4.69) is 0 Å². The highest BCUT2D eigenvalue weighted by molar-refractivity contribution is 5.75. The normalized spacial score (nSPS) is 10.5. The topological polar surface area (TPSA) is 52.0 Å². The van der Waals surface area contributed by atoms with Crippen LogP contribution in [-0.4, -0.2) is 14.1 Å². The Hall–Kier alpha value is -2.36. The summed E-state index contributed by atoms with van der Waals surface area (Å²) in [6.45, 7) is 0. The van der Waals surface area contributed by atoms with Gasteiger partial charge in [-0.05, 0) is 11.6 Å². The number of nitrogens with one attached hydrogen (secondary N) is 1. The van der Waals surface area contributed by atoms with E-state index < -0.39 is 0 Å². The van der Waals surface area contributed by atoms with Gasteiger partial charge in [-0.25, -0.2) is 0 Å². The van der Waals surface area contributed by atoms with Crippen molar-refractivity contribution in [3.8, 4) is 12.1 Å². The molecule has 3 nitrogen and oxygen atoms in total. The summed E-state index contributed by atoms with van der Waals surface area (Å²) in [4.78, 5) is 1.12. The molecule has 0 saturated carbocycles. The maximum atomic E-state index is 8.78. The molecule has 1 aromatic carbocycles. The minimum atomic E-state index is 0.112. The fourth-order valence-corrected chi connectivity index (χ4v) is 1.39. The van der Waals surface area contributed by atoms with Crippen LogP contribution < -0.4 is 4.90 Å². The molecule has 1 aromatic rings. The van der Waals surface area contributed by atoms with E-state index in [4.69, 9.17) is 10.5 Å². The van der Waals surface area contributed by atoms with E-state index >= 15 is 0 Å². The van der Waals surface area contributed by atoms with Crippen molar-refractivity contribution in [2.45, 2.75) is 0 Å². The quantitative estimate of drug-likeness (QED) is 0.618. The zero-order valence-electron chi connectivity index (χ0n) is 9.94. The van der Waals surface area contributed by atoms with Crippen LogP contribution in [0.2, 0.25) is 0 Å². The minimum Gasteiger partial charge on any atom is -0.313 e. The summed E-state index contributed by atoms with van der Waals surface area (Å²) in [7, 11) is 3.96. The van der Waals surface area contributed by atoms with Gasteiger partial charge in [0.05, 0.1) is 14.1 Å². The molecule has 0 atom stereocenters. The molecular formula is C14H14N3+. The van der Waals surface area contributed by atoms with Crippen LogP contribution >= 0.6 is 0 Å². The predicted octanol–water partition coefficient (Wildman–Crippen LogP) is 1.15. The monoisotopic (exact) mass is 224 g/mol. The number of rotatable bonds is 3. The lowest BCUT2D eigenvalue weighted by Gasteiger charge is -2.04. The molecule has 0 aliphatic rings. The lowest BCUT2D eigenvalue weighted by molar-refractivity contribution is -0.800. The first-order chi connectivity index (χ1) is 8.17. The third-order valence-electron chi connectivity index (χ3n) is 2.09. The van der Waals surface area contributed by atoms with Crippen molar-refractivity contribution in [3.05, 3.63) is 53.7 Å². The zero-order chi connectivity index (χ0) is 12.7.